The minimum absolute atomic E-state index is 0.729. The maximum atomic E-state index is 7.19. The Morgan fingerprint density at radius 3 is 2.09 bits per heavy atom. The van der Waals surface area contributed by atoms with Crippen molar-refractivity contribution in [1.29, 1.82) is 0 Å². The first-order valence-electron chi connectivity index (χ1n) is 14.9. The third-order valence-electron chi connectivity index (χ3n) is 8.90. The number of rotatable bonds is 3. The number of hydrogen-bond acceptors (Lipinski definition) is 4. The topological polar surface area (TPSA) is 29.5 Å². The Balaban J connectivity index is 1.31. The van der Waals surface area contributed by atoms with Gasteiger partial charge >= 0.3 is 0 Å². The smallest absolute Gasteiger partial charge is 0.137 e. The van der Waals surface area contributed by atoms with Crippen molar-refractivity contribution >= 4 is 115 Å². The molecule has 3 nitrogen and oxygen atoms in total. The van der Waals surface area contributed by atoms with E-state index in [-0.39, 0.29) is 0 Å². The summed E-state index contributed by atoms with van der Waals surface area (Å²) in [6.07, 6.45) is 0. The number of furan rings is 2. The average molecular weight is 616 g/mol. The lowest BCUT2D eigenvalue weighted by atomic mass is 10.0. The molecule has 0 amide bonds. The molecule has 0 saturated carbocycles. The van der Waals surface area contributed by atoms with Crippen LogP contribution in [0.5, 0.6) is 0 Å². The zero-order valence-corrected chi connectivity index (χ0v) is 25.3. The molecule has 5 heteroatoms. The summed E-state index contributed by atoms with van der Waals surface area (Å²) in [5.74, 6) is 0. The Morgan fingerprint density at radius 1 is 0.489 bits per heavy atom. The Labute approximate surface area is 266 Å². The number of nitrogens with zero attached hydrogens (tertiary/aromatic N) is 1. The molecule has 0 bridgehead atoms. The summed E-state index contributed by atoms with van der Waals surface area (Å²) in [6, 6.07) is 46.5. The lowest BCUT2D eigenvalue weighted by molar-refractivity contribution is 0.669. The zero-order valence-electron chi connectivity index (χ0n) is 23.8. The van der Waals surface area contributed by atoms with Crippen LogP contribution in [-0.2, 0) is 0 Å². The Bertz CT molecular complexity index is 2800. The van der Waals surface area contributed by atoms with Crippen molar-refractivity contribution in [2.75, 3.05) is 4.90 Å². The first-order chi connectivity index (χ1) is 22.2. The van der Waals surface area contributed by atoms with Crippen LogP contribution in [0.2, 0.25) is 5.02 Å². The molecule has 0 unspecified atom stereocenters. The molecule has 0 spiro atoms. The van der Waals surface area contributed by atoms with Crippen LogP contribution in [0.25, 0.3) is 74.8 Å². The SMILES string of the molecule is Clc1cc(N(c2ccc3c(c2)oc2ccccc23)c2cccc3oc4ccccc4c23)cc2c1sc1ccc3ccccc3c12. The maximum Gasteiger partial charge on any atom is 0.137 e. The number of para-hydroxylation sites is 2. The molecule has 45 heavy (non-hydrogen) atoms. The molecule has 10 aromatic rings. The molecule has 212 valence electrons. The van der Waals surface area contributed by atoms with Gasteiger partial charge in [0.05, 0.1) is 20.8 Å². The molecule has 0 aliphatic rings. The molecular formula is C40H22ClNO2S. The number of hydrogen-bond donors (Lipinski definition) is 0. The van der Waals surface area contributed by atoms with Gasteiger partial charge in [-0.3, -0.25) is 0 Å². The van der Waals surface area contributed by atoms with Crippen LogP contribution < -0.4 is 4.90 Å². The van der Waals surface area contributed by atoms with E-state index in [0.717, 1.165) is 76.0 Å². The summed E-state index contributed by atoms with van der Waals surface area (Å²) in [7, 11) is 0. The lowest BCUT2D eigenvalue weighted by Crippen LogP contribution is -2.10. The van der Waals surface area contributed by atoms with Crippen LogP contribution in [0, 0.1) is 0 Å². The fraction of sp³-hybridized carbons (Fsp3) is 0. The van der Waals surface area contributed by atoms with Gasteiger partial charge in [0.25, 0.3) is 0 Å². The highest BCUT2D eigenvalue weighted by atomic mass is 35.5. The van der Waals surface area contributed by atoms with E-state index in [1.165, 1.54) is 20.9 Å². The standard InChI is InChI=1S/C40H22ClNO2S/c41-31-21-25(20-30-38-26-9-2-1-8-23(26)16-19-37(38)45-40(30)31)42(24-17-18-28-27-10-3-5-13-33(27)44-36(28)22-24)32-12-7-15-35-39(32)29-11-4-6-14-34(29)43-35/h1-22H. The highest BCUT2D eigenvalue weighted by Crippen LogP contribution is 2.48. The molecule has 0 fully saturated rings. The summed E-state index contributed by atoms with van der Waals surface area (Å²) >= 11 is 8.94. The second-order valence-electron chi connectivity index (χ2n) is 11.4. The van der Waals surface area contributed by atoms with Gasteiger partial charge in [0.1, 0.15) is 22.3 Å². The van der Waals surface area contributed by atoms with E-state index < -0.39 is 0 Å². The molecule has 0 N–H and O–H groups in total. The first-order valence-corrected chi connectivity index (χ1v) is 16.1. The maximum absolute atomic E-state index is 7.19. The van der Waals surface area contributed by atoms with Crippen LogP contribution in [0.15, 0.2) is 142 Å². The largest absolute Gasteiger partial charge is 0.456 e. The van der Waals surface area contributed by atoms with E-state index in [1.807, 2.05) is 36.4 Å². The Hall–Kier alpha value is -5.29. The third-order valence-corrected chi connectivity index (χ3v) is 10.5. The van der Waals surface area contributed by atoms with Gasteiger partial charge in [-0.1, -0.05) is 84.4 Å². The summed E-state index contributed by atoms with van der Waals surface area (Å²) in [6.45, 7) is 0. The second kappa shape index (κ2) is 9.35. The minimum Gasteiger partial charge on any atom is -0.456 e. The predicted molar refractivity (Wildman–Crippen MR) is 191 cm³/mol. The first kappa shape index (κ1) is 25.1. The van der Waals surface area contributed by atoms with Gasteiger partial charge in [0, 0.05) is 49.1 Å². The molecule has 7 aromatic carbocycles. The van der Waals surface area contributed by atoms with Gasteiger partial charge in [-0.15, -0.1) is 11.3 Å². The van der Waals surface area contributed by atoms with Crippen LogP contribution in [0.1, 0.15) is 0 Å². The van der Waals surface area contributed by atoms with Crippen molar-refractivity contribution < 1.29 is 8.83 Å². The van der Waals surface area contributed by atoms with Gasteiger partial charge in [-0.05, 0) is 65.4 Å². The molecule has 0 aliphatic heterocycles. The van der Waals surface area contributed by atoms with Crippen molar-refractivity contribution in [3.63, 3.8) is 0 Å². The van der Waals surface area contributed by atoms with Crippen molar-refractivity contribution in [2.24, 2.45) is 0 Å². The van der Waals surface area contributed by atoms with E-state index in [0.29, 0.717) is 0 Å². The number of benzene rings is 7. The fourth-order valence-electron chi connectivity index (χ4n) is 6.95. The summed E-state index contributed by atoms with van der Waals surface area (Å²) in [5.41, 5.74) is 6.35. The minimum atomic E-state index is 0.729. The Kier molecular flexibility index (Phi) is 5.21. The van der Waals surface area contributed by atoms with Crippen LogP contribution in [0.3, 0.4) is 0 Å². The number of thiophene rings is 1. The molecule has 0 atom stereocenters. The molecule has 0 saturated heterocycles. The normalized spacial score (nSPS) is 12.1. The van der Waals surface area contributed by atoms with E-state index in [9.17, 15) is 0 Å². The zero-order chi connectivity index (χ0) is 29.6. The highest BCUT2D eigenvalue weighted by Gasteiger charge is 2.23. The fourth-order valence-corrected chi connectivity index (χ4v) is 8.38. The van der Waals surface area contributed by atoms with Gasteiger partial charge in [0.15, 0.2) is 0 Å². The lowest BCUT2D eigenvalue weighted by Gasteiger charge is -2.26. The molecule has 3 heterocycles. The Morgan fingerprint density at radius 2 is 1.20 bits per heavy atom. The van der Waals surface area contributed by atoms with Crippen molar-refractivity contribution in [3.05, 3.63) is 138 Å². The predicted octanol–water partition coefficient (Wildman–Crippen LogP) is 13.1. The molecule has 3 aromatic heterocycles. The summed E-state index contributed by atoms with van der Waals surface area (Å²) in [4.78, 5) is 2.29. The van der Waals surface area contributed by atoms with Gasteiger partial charge < -0.3 is 13.7 Å². The van der Waals surface area contributed by atoms with Gasteiger partial charge in [-0.25, -0.2) is 0 Å². The van der Waals surface area contributed by atoms with E-state index in [1.54, 1.807) is 11.3 Å². The quantitative estimate of drug-likeness (QED) is 0.198. The van der Waals surface area contributed by atoms with Crippen molar-refractivity contribution in [3.8, 4) is 0 Å². The van der Waals surface area contributed by atoms with E-state index in [4.69, 9.17) is 20.4 Å². The molecule has 0 aliphatic carbocycles. The average Bonchev–Trinajstić information content (AvgIpc) is 3.76. The summed E-state index contributed by atoms with van der Waals surface area (Å²) in [5, 5.41) is 9.86. The van der Waals surface area contributed by atoms with Crippen molar-refractivity contribution in [2.45, 2.75) is 0 Å². The van der Waals surface area contributed by atoms with E-state index in [2.05, 4.69) is 102 Å². The monoisotopic (exact) mass is 615 g/mol. The second-order valence-corrected chi connectivity index (χ2v) is 12.9. The molecular weight excluding hydrogens is 594 g/mol. The molecule has 10 rings (SSSR count). The van der Waals surface area contributed by atoms with Crippen LogP contribution in [0.4, 0.5) is 17.1 Å². The van der Waals surface area contributed by atoms with E-state index >= 15 is 0 Å². The van der Waals surface area contributed by atoms with Gasteiger partial charge in [0.2, 0.25) is 0 Å². The molecule has 0 radical (unpaired) electrons. The number of halogens is 1. The number of fused-ring (bicyclic) bond motifs is 11. The highest BCUT2D eigenvalue weighted by molar-refractivity contribution is 7.26. The van der Waals surface area contributed by atoms with Crippen molar-refractivity contribution in [1.82, 2.24) is 0 Å². The van der Waals surface area contributed by atoms with Gasteiger partial charge in [-0.2, -0.15) is 0 Å². The van der Waals surface area contributed by atoms with Crippen LogP contribution in [-0.4, -0.2) is 0 Å². The number of anilines is 3. The third kappa shape index (κ3) is 3.64. The summed E-state index contributed by atoms with van der Waals surface area (Å²) < 4.78 is 15.0. The van der Waals surface area contributed by atoms with Crippen LogP contribution >= 0.6 is 22.9 Å².